The third-order valence-electron chi connectivity index (χ3n) is 6.92. The number of sulfone groups is 1. The van der Waals surface area contributed by atoms with Gasteiger partial charge < -0.3 is 20.9 Å². The van der Waals surface area contributed by atoms with Crippen LogP contribution in [-0.4, -0.2) is 80.1 Å². The highest BCUT2D eigenvalue weighted by Gasteiger charge is 2.22. The molecule has 2 heterocycles. The van der Waals surface area contributed by atoms with Gasteiger partial charge in [0.25, 0.3) is 5.91 Å². The molecule has 2 aromatic carbocycles. The highest BCUT2D eigenvalue weighted by atomic mass is 32.2. The third-order valence-corrected chi connectivity index (χ3v) is 8.64. The van der Waals surface area contributed by atoms with E-state index in [1.165, 1.54) is 12.6 Å². The number of likely N-dealkylation sites (tertiary alicyclic amines) is 1. The topological polar surface area (TPSA) is 122 Å². The van der Waals surface area contributed by atoms with Crippen LogP contribution in [0.1, 0.15) is 29.8 Å². The summed E-state index contributed by atoms with van der Waals surface area (Å²) in [5, 5.41) is 2.75. The highest BCUT2D eigenvalue weighted by Crippen LogP contribution is 2.23. The Balaban J connectivity index is 1.36. The van der Waals surface area contributed by atoms with Crippen molar-refractivity contribution >= 4 is 27.2 Å². The summed E-state index contributed by atoms with van der Waals surface area (Å²) in [4.78, 5) is 26.0. The maximum Gasteiger partial charge on any atom is 0.278 e. The molecule has 1 saturated heterocycles. The number of hydrogen-bond donors (Lipinski definition) is 2. The average molecular weight is 537 g/mol. The van der Waals surface area contributed by atoms with Crippen LogP contribution >= 0.6 is 0 Å². The fourth-order valence-electron chi connectivity index (χ4n) is 4.56. The van der Waals surface area contributed by atoms with Gasteiger partial charge in [0.15, 0.2) is 21.3 Å². The second-order valence-electron chi connectivity index (χ2n) is 10.0. The largest absolute Gasteiger partial charge is 0.382 e. The monoisotopic (exact) mass is 536 g/mol. The van der Waals surface area contributed by atoms with Gasteiger partial charge in [-0.1, -0.05) is 30.3 Å². The van der Waals surface area contributed by atoms with Crippen LogP contribution in [0.2, 0.25) is 0 Å². The molecule has 38 heavy (non-hydrogen) atoms. The number of rotatable bonds is 10. The zero-order chi connectivity index (χ0) is 27.1. The molecule has 0 atom stereocenters. The van der Waals surface area contributed by atoms with E-state index in [-0.39, 0.29) is 22.2 Å². The molecule has 1 fully saturated rings. The van der Waals surface area contributed by atoms with Gasteiger partial charge in [0.2, 0.25) is 0 Å². The van der Waals surface area contributed by atoms with E-state index >= 15 is 0 Å². The summed E-state index contributed by atoms with van der Waals surface area (Å²) in [6, 6.07) is 15.5. The Morgan fingerprint density at radius 2 is 1.76 bits per heavy atom. The van der Waals surface area contributed by atoms with Crippen LogP contribution in [0.4, 0.5) is 11.5 Å². The molecule has 1 aliphatic heterocycles. The third kappa shape index (κ3) is 7.37. The maximum atomic E-state index is 13.0. The Kier molecular flexibility index (Phi) is 9.09. The van der Waals surface area contributed by atoms with Crippen LogP contribution in [0, 0.1) is 5.92 Å². The molecule has 202 valence electrons. The van der Waals surface area contributed by atoms with Crippen molar-refractivity contribution < 1.29 is 13.2 Å². The van der Waals surface area contributed by atoms with Crippen molar-refractivity contribution in [1.29, 1.82) is 0 Å². The molecule has 1 aromatic heterocycles. The summed E-state index contributed by atoms with van der Waals surface area (Å²) in [6.45, 7) is 3.53. The van der Waals surface area contributed by atoms with Crippen LogP contribution in [0.5, 0.6) is 0 Å². The van der Waals surface area contributed by atoms with Crippen molar-refractivity contribution in [3.05, 3.63) is 66.5 Å². The summed E-state index contributed by atoms with van der Waals surface area (Å²) < 4.78 is 26.0. The van der Waals surface area contributed by atoms with Crippen LogP contribution in [0.25, 0.3) is 11.3 Å². The van der Waals surface area contributed by atoms with Gasteiger partial charge >= 0.3 is 0 Å². The molecular formula is C28H36N6O3S. The Morgan fingerprint density at radius 1 is 1.08 bits per heavy atom. The smallest absolute Gasteiger partial charge is 0.278 e. The molecule has 10 heteroatoms. The SMILES string of the molecule is CN(C)CCC1CCN(CCS(=O)(=O)c2ccc(-c3cnc(N)c(C(=O)Nc4ccccc4)n3)cc2)CC1. The number of carbonyl (C=O) groups excluding carboxylic acids is 1. The van der Waals surface area contributed by atoms with E-state index in [0.717, 1.165) is 38.4 Å². The van der Waals surface area contributed by atoms with Crippen LogP contribution in [-0.2, 0) is 9.84 Å². The number of benzene rings is 2. The quantitative estimate of drug-likeness (QED) is 0.404. The molecule has 1 aliphatic rings. The summed E-state index contributed by atoms with van der Waals surface area (Å²) in [5.41, 5.74) is 7.61. The van der Waals surface area contributed by atoms with Gasteiger partial charge in [0.1, 0.15) is 0 Å². The predicted molar refractivity (Wildman–Crippen MR) is 151 cm³/mol. The number of hydrogen-bond acceptors (Lipinski definition) is 8. The minimum absolute atomic E-state index is 0.00790. The summed E-state index contributed by atoms with van der Waals surface area (Å²) >= 11 is 0. The lowest BCUT2D eigenvalue weighted by molar-refractivity contribution is 0.102. The number of nitrogens with two attached hydrogens (primary N) is 1. The Hall–Kier alpha value is -3.34. The summed E-state index contributed by atoms with van der Waals surface area (Å²) in [6.07, 6.45) is 4.91. The molecule has 0 bridgehead atoms. The molecule has 1 amide bonds. The Bertz CT molecular complexity index is 1320. The Labute approximate surface area is 225 Å². The minimum Gasteiger partial charge on any atom is -0.382 e. The van der Waals surface area contributed by atoms with Crippen molar-refractivity contribution in [2.45, 2.75) is 24.2 Å². The number of nitrogen functional groups attached to an aromatic ring is 1. The molecule has 0 aliphatic carbocycles. The molecule has 0 unspecified atom stereocenters. The number of anilines is 2. The number of carbonyl (C=O) groups is 1. The fourth-order valence-corrected chi connectivity index (χ4v) is 5.84. The highest BCUT2D eigenvalue weighted by molar-refractivity contribution is 7.91. The van der Waals surface area contributed by atoms with Crippen LogP contribution < -0.4 is 11.1 Å². The lowest BCUT2D eigenvalue weighted by Gasteiger charge is -2.32. The summed E-state index contributed by atoms with van der Waals surface area (Å²) in [5.74, 6) is 0.353. The van der Waals surface area contributed by atoms with E-state index in [1.54, 1.807) is 36.4 Å². The number of nitrogens with zero attached hydrogens (tertiary/aromatic N) is 4. The van der Waals surface area contributed by atoms with Gasteiger partial charge in [-0.05, 0) is 83.2 Å². The van der Waals surface area contributed by atoms with Crippen LogP contribution in [0.3, 0.4) is 0 Å². The zero-order valence-electron chi connectivity index (χ0n) is 22.0. The number of aromatic nitrogens is 2. The lowest BCUT2D eigenvalue weighted by Crippen LogP contribution is -2.37. The first-order valence-electron chi connectivity index (χ1n) is 12.9. The minimum atomic E-state index is -3.42. The van der Waals surface area contributed by atoms with Crippen molar-refractivity contribution in [2.24, 2.45) is 5.92 Å². The number of piperidine rings is 1. The summed E-state index contributed by atoms with van der Waals surface area (Å²) in [7, 11) is 0.767. The first kappa shape index (κ1) is 27.7. The van der Waals surface area contributed by atoms with Crippen molar-refractivity contribution in [3.63, 3.8) is 0 Å². The first-order chi connectivity index (χ1) is 18.2. The molecule has 3 N–H and O–H groups in total. The number of nitrogens with one attached hydrogen (secondary N) is 1. The number of para-hydroxylation sites is 1. The Morgan fingerprint density at radius 3 is 2.42 bits per heavy atom. The first-order valence-corrected chi connectivity index (χ1v) is 14.6. The maximum absolute atomic E-state index is 13.0. The van der Waals surface area contributed by atoms with Crippen LogP contribution in [0.15, 0.2) is 65.7 Å². The molecular weight excluding hydrogens is 500 g/mol. The molecule has 3 aromatic rings. The molecule has 0 radical (unpaired) electrons. The van der Waals surface area contributed by atoms with E-state index in [2.05, 4.69) is 39.2 Å². The van der Waals surface area contributed by atoms with Crippen molar-refractivity contribution in [1.82, 2.24) is 19.8 Å². The number of amides is 1. The van der Waals surface area contributed by atoms with Crippen molar-refractivity contribution in [2.75, 3.05) is 57.1 Å². The standard InChI is InChI=1S/C28H36N6O3S/c1-33(2)15-12-21-13-16-34(17-14-21)18-19-38(36,37)24-10-8-22(9-11-24)25-20-30-27(29)26(32-25)28(35)31-23-6-4-3-5-7-23/h3-11,20-21H,12-19H2,1-2H3,(H2,29,30)(H,31,35). The van der Waals surface area contributed by atoms with Gasteiger partial charge in [0.05, 0.1) is 22.5 Å². The molecule has 4 rings (SSSR count). The fraction of sp³-hybridized carbons (Fsp3) is 0.393. The van der Waals surface area contributed by atoms with E-state index < -0.39 is 15.7 Å². The van der Waals surface area contributed by atoms with Crippen molar-refractivity contribution in [3.8, 4) is 11.3 Å². The second-order valence-corrected chi connectivity index (χ2v) is 12.1. The van der Waals surface area contributed by atoms with Gasteiger partial charge in [-0.25, -0.2) is 18.4 Å². The molecule has 0 spiro atoms. The van der Waals surface area contributed by atoms with E-state index in [1.807, 2.05) is 18.2 Å². The zero-order valence-corrected chi connectivity index (χ0v) is 22.8. The van der Waals surface area contributed by atoms with Gasteiger partial charge in [-0.15, -0.1) is 0 Å². The second kappa shape index (κ2) is 12.5. The van der Waals surface area contributed by atoms with E-state index in [9.17, 15) is 13.2 Å². The predicted octanol–water partition coefficient (Wildman–Crippen LogP) is 3.42. The molecule has 0 saturated carbocycles. The van der Waals surface area contributed by atoms with Gasteiger partial charge in [-0.3, -0.25) is 4.79 Å². The van der Waals surface area contributed by atoms with E-state index in [4.69, 9.17) is 5.73 Å². The normalized spacial score (nSPS) is 15.0. The van der Waals surface area contributed by atoms with E-state index in [0.29, 0.717) is 23.5 Å². The lowest BCUT2D eigenvalue weighted by atomic mass is 9.93. The average Bonchev–Trinajstić information content (AvgIpc) is 2.92. The van der Waals surface area contributed by atoms with Gasteiger partial charge in [-0.2, -0.15) is 0 Å². The molecule has 9 nitrogen and oxygen atoms in total. The van der Waals surface area contributed by atoms with Gasteiger partial charge in [0, 0.05) is 17.8 Å².